The summed E-state index contributed by atoms with van der Waals surface area (Å²) in [6.07, 6.45) is 1.89. The SMILES string of the molecule is Cc1nn(Cc2ccccc2)cc1-c1n[nH]c(N)c1C#N. The number of hydrogen-bond acceptors (Lipinski definition) is 4. The van der Waals surface area contributed by atoms with Gasteiger partial charge in [0.05, 0.1) is 12.2 Å². The first-order valence-electron chi connectivity index (χ1n) is 6.51. The van der Waals surface area contributed by atoms with Crippen LogP contribution in [0.1, 0.15) is 16.8 Å². The van der Waals surface area contributed by atoms with E-state index >= 15 is 0 Å². The van der Waals surface area contributed by atoms with Crippen LogP contribution in [0.3, 0.4) is 0 Å². The van der Waals surface area contributed by atoms with Crippen molar-refractivity contribution in [3.63, 3.8) is 0 Å². The standard InChI is InChI=1S/C15H14N6/c1-10-13(14-12(7-16)15(17)19-18-14)9-21(20-10)8-11-5-3-2-4-6-11/h2-6,9H,8H2,1H3,(H3,17,18,19). The van der Waals surface area contributed by atoms with Gasteiger partial charge in [0.2, 0.25) is 0 Å². The van der Waals surface area contributed by atoms with Crippen LogP contribution in [0.25, 0.3) is 11.3 Å². The maximum Gasteiger partial charge on any atom is 0.137 e. The third-order valence-corrected chi connectivity index (χ3v) is 3.29. The van der Waals surface area contributed by atoms with E-state index in [4.69, 9.17) is 11.0 Å². The van der Waals surface area contributed by atoms with Crippen LogP contribution in [-0.2, 0) is 6.54 Å². The van der Waals surface area contributed by atoms with Crippen molar-refractivity contribution in [2.24, 2.45) is 0 Å². The van der Waals surface area contributed by atoms with Crippen molar-refractivity contribution in [1.82, 2.24) is 20.0 Å². The van der Waals surface area contributed by atoms with E-state index < -0.39 is 0 Å². The summed E-state index contributed by atoms with van der Waals surface area (Å²) in [5.41, 5.74) is 9.40. The Hall–Kier alpha value is -3.07. The Morgan fingerprint density at radius 3 is 2.81 bits per heavy atom. The minimum atomic E-state index is 0.280. The van der Waals surface area contributed by atoms with E-state index in [0.29, 0.717) is 17.8 Å². The molecule has 2 aromatic heterocycles. The van der Waals surface area contributed by atoms with Gasteiger partial charge in [-0.2, -0.15) is 15.5 Å². The van der Waals surface area contributed by atoms with E-state index in [1.165, 1.54) is 0 Å². The Balaban J connectivity index is 1.97. The summed E-state index contributed by atoms with van der Waals surface area (Å²) in [6.45, 7) is 2.56. The summed E-state index contributed by atoms with van der Waals surface area (Å²) in [7, 11) is 0. The van der Waals surface area contributed by atoms with Crippen molar-refractivity contribution in [1.29, 1.82) is 5.26 Å². The molecule has 0 aliphatic heterocycles. The third kappa shape index (κ3) is 2.37. The van der Waals surface area contributed by atoms with Gasteiger partial charge in [-0.15, -0.1) is 0 Å². The molecule has 0 bridgehead atoms. The van der Waals surface area contributed by atoms with Gasteiger partial charge in [-0.25, -0.2) is 0 Å². The highest BCUT2D eigenvalue weighted by Gasteiger charge is 2.17. The predicted octanol–water partition coefficient (Wildman–Crippen LogP) is 2.08. The van der Waals surface area contributed by atoms with Crippen LogP contribution in [0, 0.1) is 18.3 Å². The second-order valence-electron chi connectivity index (χ2n) is 4.78. The number of H-pyrrole nitrogens is 1. The molecule has 0 amide bonds. The fourth-order valence-electron chi connectivity index (χ4n) is 2.27. The van der Waals surface area contributed by atoms with Crippen LogP contribution in [-0.4, -0.2) is 20.0 Å². The Labute approximate surface area is 121 Å². The molecule has 3 aromatic rings. The Morgan fingerprint density at radius 2 is 2.10 bits per heavy atom. The highest BCUT2D eigenvalue weighted by atomic mass is 15.3. The molecular formula is C15H14N6. The summed E-state index contributed by atoms with van der Waals surface area (Å²) in [6, 6.07) is 12.1. The molecule has 0 aliphatic carbocycles. The maximum absolute atomic E-state index is 9.17. The number of aromatic amines is 1. The zero-order valence-corrected chi connectivity index (χ0v) is 11.5. The summed E-state index contributed by atoms with van der Waals surface area (Å²) in [5, 5.41) is 20.4. The number of aromatic nitrogens is 4. The first-order chi connectivity index (χ1) is 10.2. The van der Waals surface area contributed by atoms with Crippen molar-refractivity contribution in [3.8, 4) is 17.3 Å². The number of nitrogen functional groups attached to an aromatic ring is 1. The summed E-state index contributed by atoms with van der Waals surface area (Å²) >= 11 is 0. The van der Waals surface area contributed by atoms with Gasteiger partial charge in [-0.05, 0) is 12.5 Å². The number of hydrogen-bond donors (Lipinski definition) is 2. The van der Waals surface area contributed by atoms with Crippen molar-refractivity contribution in [2.45, 2.75) is 13.5 Å². The van der Waals surface area contributed by atoms with Gasteiger partial charge in [0.25, 0.3) is 0 Å². The second-order valence-corrected chi connectivity index (χ2v) is 4.78. The van der Waals surface area contributed by atoms with Gasteiger partial charge < -0.3 is 5.73 Å². The van der Waals surface area contributed by atoms with Crippen LogP contribution in [0.15, 0.2) is 36.5 Å². The van der Waals surface area contributed by atoms with Gasteiger partial charge in [0.1, 0.15) is 23.1 Å². The van der Waals surface area contributed by atoms with Gasteiger partial charge in [-0.3, -0.25) is 9.78 Å². The Kier molecular flexibility index (Phi) is 3.16. The van der Waals surface area contributed by atoms with E-state index in [2.05, 4.69) is 21.4 Å². The minimum absolute atomic E-state index is 0.280. The fourth-order valence-corrected chi connectivity index (χ4v) is 2.27. The van der Waals surface area contributed by atoms with E-state index in [9.17, 15) is 0 Å². The molecule has 0 saturated carbocycles. The minimum Gasteiger partial charge on any atom is -0.383 e. The van der Waals surface area contributed by atoms with Gasteiger partial charge >= 0.3 is 0 Å². The summed E-state index contributed by atoms with van der Waals surface area (Å²) in [5.74, 6) is 0.280. The Morgan fingerprint density at radius 1 is 1.33 bits per heavy atom. The number of nitrogens with zero attached hydrogens (tertiary/aromatic N) is 4. The van der Waals surface area contributed by atoms with Crippen LogP contribution in [0.5, 0.6) is 0 Å². The molecule has 6 nitrogen and oxygen atoms in total. The van der Waals surface area contributed by atoms with E-state index in [1.54, 1.807) is 0 Å². The lowest BCUT2D eigenvalue weighted by Gasteiger charge is -2.00. The number of aryl methyl sites for hydroxylation is 1. The third-order valence-electron chi connectivity index (χ3n) is 3.29. The summed E-state index contributed by atoms with van der Waals surface area (Å²) < 4.78 is 1.84. The van der Waals surface area contributed by atoms with Crippen molar-refractivity contribution < 1.29 is 0 Å². The number of nitriles is 1. The largest absolute Gasteiger partial charge is 0.383 e. The normalized spacial score (nSPS) is 10.5. The van der Waals surface area contributed by atoms with Gasteiger partial charge in [0.15, 0.2) is 0 Å². The van der Waals surface area contributed by atoms with Gasteiger partial charge in [-0.1, -0.05) is 30.3 Å². The van der Waals surface area contributed by atoms with Crippen LogP contribution >= 0.6 is 0 Å². The number of rotatable bonds is 3. The van der Waals surface area contributed by atoms with E-state index in [0.717, 1.165) is 16.8 Å². The lowest BCUT2D eigenvalue weighted by Crippen LogP contribution is -1.99. The number of nitrogens with two attached hydrogens (primary N) is 1. The molecule has 0 atom stereocenters. The van der Waals surface area contributed by atoms with Crippen LogP contribution < -0.4 is 5.73 Å². The average molecular weight is 278 g/mol. The molecule has 3 N–H and O–H groups in total. The fraction of sp³-hybridized carbons (Fsp3) is 0.133. The zero-order chi connectivity index (χ0) is 14.8. The topological polar surface area (TPSA) is 96.3 Å². The highest BCUT2D eigenvalue weighted by Crippen LogP contribution is 2.26. The monoisotopic (exact) mass is 278 g/mol. The maximum atomic E-state index is 9.17. The number of anilines is 1. The molecular weight excluding hydrogens is 264 g/mol. The molecule has 0 unspecified atom stereocenters. The molecule has 6 heteroatoms. The first-order valence-corrected chi connectivity index (χ1v) is 6.51. The van der Waals surface area contributed by atoms with Crippen LogP contribution in [0.2, 0.25) is 0 Å². The molecule has 2 heterocycles. The molecule has 0 saturated heterocycles. The lowest BCUT2D eigenvalue weighted by atomic mass is 10.1. The second kappa shape index (κ2) is 5.13. The molecule has 1 aromatic carbocycles. The Bertz CT molecular complexity index is 807. The highest BCUT2D eigenvalue weighted by molar-refractivity contribution is 5.73. The van der Waals surface area contributed by atoms with Gasteiger partial charge in [0, 0.05) is 11.8 Å². The van der Waals surface area contributed by atoms with E-state index in [1.807, 2.05) is 48.1 Å². The summed E-state index contributed by atoms with van der Waals surface area (Å²) in [4.78, 5) is 0. The predicted molar refractivity (Wildman–Crippen MR) is 79.2 cm³/mol. The molecule has 0 spiro atoms. The van der Waals surface area contributed by atoms with Crippen LogP contribution in [0.4, 0.5) is 5.82 Å². The number of benzene rings is 1. The lowest BCUT2D eigenvalue weighted by molar-refractivity contribution is 0.679. The molecule has 21 heavy (non-hydrogen) atoms. The first kappa shape index (κ1) is 12.9. The van der Waals surface area contributed by atoms with Crippen molar-refractivity contribution in [2.75, 3.05) is 5.73 Å². The van der Waals surface area contributed by atoms with Crippen molar-refractivity contribution in [3.05, 3.63) is 53.3 Å². The zero-order valence-electron chi connectivity index (χ0n) is 11.5. The molecule has 0 fully saturated rings. The number of nitrogens with one attached hydrogen (secondary N) is 1. The van der Waals surface area contributed by atoms with E-state index in [-0.39, 0.29) is 5.82 Å². The average Bonchev–Trinajstić information content (AvgIpc) is 3.02. The molecule has 0 aliphatic rings. The molecule has 3 rings (SSSR count). The van der Waals surface area contributed by atoms with Crippen molar-refractivity contribution >= 4 is 5.82 Å². The molecule has 104 valence electrons. The molecule has 0 radical (unpaired) electrons. The smallest absolute Gasteiger partial charge is 0.137 e. The quantitative estimate of drug-likeness (QED) is 0.766.